The summed E-state index contributed by atoms with van der Waals surface area (Å²) in [7, 11) is 1.22. The topological polar surface area (TPSA) is 105 Å². The van der Waals surface area contributed by atoms with Crippen LogP contribution in [0.2, 0.25) is 0 Å². The molecule has 0 aliphatic carbocycles. The molecule has 0 aliphatic rings. The van der Waals surface area contributed by atoms with E-state index in [1.54, 1.807) is 0 Å². The number of carbonyl (C=O) groups is 2. The highest BCUT2D eigenvalue weighted by Crippen LogP contribution is 2.09. The van der Waals surface area contributed by atoms with E-state index >= 15 is 0 Å². The number of amides is 3. The van der Waals surface area contributed by atoms with Gasteiger partial charge in [0.25, 0.3) is 0 Å². The van der Waals surface area contributed by atoms with Gasteiger partial charge in [-0.25, -0.2) is 4.79 Å². The fourth-order valence-corrected chi connectivity index (χ4v) is 0.959. The van der Waals surface area contributed by atoms with Gasteiger partial charge in [0, 0.05) is 18.3 Å². The molecule has 7 nitrogen and oxygen atoms in total. The van der Waals surface area contributed by atoms with Crippen LogP contribution in [0.3, 0.4) is 0 Å². The molecule has 0 fully saturated rings. The van der Waals surface area contributed by atoms with Crippen LogP contribution in [0.25, 0.3) is 0 Å². The van der Waals surface area contributed by atoms with Gasteiger partial charge in [-0.2, -0.15) is 5.01 Å². The average molecular weight is 222 g/mol. The van der Waals surface area contributed by atoms with E-state index in [0.29, 0.717) is 16.3 Å². The van der Waals surface area contributed by atoms with Gasteiger partial charge in [-0.3, -0.25) is 4.79 Å². The molecule has 84 valence electrons. The molecule has 0 radical (unpaired) electrons. The summed E-state index contributed by atoms with van der Waals surface area (Å²) in [5.74, 6) is -0.551. The summed E-state index contributed by atoms with van der Waals surface area (Å²) in [4.78, 5) is 32.0. The maximum absolute atomic E-state index is 11.2. The molecule has 1 aromatic carbocycles. The third-order valence-electron chi connectivity index (χ3n) is 1.84. The number of benzene rings is 1. The molecule has 0 saturated carbocycles. The van der Waals surface area contributed by atoms with Crippen LogP contribution in [0, 0.1) is 4.91 Å². The van der Waals surface area contributed by atoms with Gasteiger partial charge in [-0.15, -0.1) is 4.91 Å². The quantitative estimate of drug-likeness (QED) is 0.587. The van der Waals surface area contributed by atoms with Crippen molar-refractivity contribution in [1.82, 2.24) is 5.01 Å². The zero-order valence-corrected chi connectivity index (χ0v) is 8.51. The maximum atomic E-state index is 11.2. The number of urea groups is 1. The smallest absolute Gasteiger partial charge is 0.344 e. The minimum absolute atomic E-state index is 0.333. The number of hydrogen-bond donors (Lipinski definition) is 2. The Morgan fingerprint density at radius 1 is 1.31 bits per heavy atom. The number of hydrogen-bond acceptors (Lipinski definition) is 4. The summed E-state index contributed by atoms with van der Waals surface area (Å²) in [6.45, 7) is 0. The predicted octanol–water partition coefficient (Wildman–Crippen LogP) is 0.931. The van der Waals surface area contributed by atoms with E-state index in [1.807, 2.05) is 0 Å². The molecule has 0 spiro atoms. The molecule has 3 amide bonds. The monoisotopic (exact) mass is 222 g/mol. The molecule has 0 heterocycles. The van der Waals surface area contributed by atoms with E-state index in [1.165, 1.54) is 31.3 Å². The fourth-order valence-electron chi connectivity index (χ4n) is 0.959. The number of nitrogens with two attached hydrogens (primary N) is 1. The number of nitrogens with zero attached hydrogens (tertiary/aromatic N) is 2. The largest absolute Gasteiger partial charge is 0.366 e. The Hall–Kier alpha value is -2.44. The molecule has 7 heteroatoms. The van der Waals surface area contributed by atoms with Crippen molar-refractivity contribution in [1.29, 1.82) is 0 Å². The van der Waals surface area contributed by atoms with Crippen molar-refractivity contribution in [2.45, 2.75) is 0 Å². The van der Waals surface area contributed by atoms with Gasteiger partial charge in [-0.1, -0.05) is 0 Å². The lowest BCUT2D eigenvalue weighted by Crippen LogP contribution is -2.26. The van der Waals surface area contributed by atoms with Crippen LogP contribution in [0.1, 0.15) is 10.4 Å². The van der Waals surface area contributed by atoms with Crippen LogP contribution in [0.5, 0.6) is 0 Å². The summed E-state index contributed by atoms with van der Waals surface area (Å²) in [6, 6.07) is 5.26. The maximum Gasteiger partial charge on any atom is 0.344 e. The number of primary amides is 1. The van der Waals surface area contributed by atoms with Gasteiger partial charge in [0.05, 0.1) is 5.29 Å². The predicted molar refractivity (Wildman–Crippen MR) is 57.5 cm³/mol. The van der Waals surface area contributed by atoms with Gasteiger partial charge >= 0.3 is 6.03 Å². The van der Waals surface area contributed by atoms with Crippen molar-refractivity contribution < 1.29 is 9.59 Å². The minimum atomic E-state index is -0.665. The second-order valence-electron chi connectivity index (χ2n) is 2.98. The first-order valence-electron chi connectivity index (χ1n) is 4.32. The number of anilines is 1. The molecular formula is C9H10N4O3. The molecule has 16 heavy (non-hydrogen) atoms. The van der Waals surface area contributed by atoms with E-state index in [9.17, 15) is 14.5 Å². The highest BCUT2D eigenvalue weighted by molar-refractivity contribution is 5.94. The zero-order chi connectivity index (χ0) is 12.1. The number of rotatable bonds is 3. The number of carbonyl (C=O) groups excluding carboxylic acids is 2. The second-order valence-corrected chi connectivity index (χ2v) is 2.98. The molecule has 0 atom stereocenters. The Kier molecular flexibility index (Phi) is 3.54. The molecule has 0 unspecified atom stereocenters. The first kappa shape index (κ1) is 11.6. The first-order chi connectivity index (χ1) is 7.54. The number of nitroso groups, excluding NO2 is 1. The molecule has 0 saturated heterocycles. The van der Waals surface area contributed by atoms with Gasteiger partial charge in [0.1, 0.15) is 0 Å². The van der Waals surface area contributed by atoms with Crippen LogP contribution >= 0.6 is 0 Å². The van der Waals surface area contributed by atoms with Crippen molar-refractivity contribution >= 4 is 17.6 Å². The molecule has 3 N–H and O–H groups in total. The van der Waals surface area contributed by atoms with Gasteiger partial charge < -0.3 is 11.1 Å². The fraction of sp³-hybridized carbons (Fsp3) is 0.111. The van der Waals surface area contributed by atoms with Crippen molar-refractivity contribution in [3.8, 4) is 0 Å². The Morgan fingerprint density at radius 3 is 2.31 bits per heavy atom. The number of nitrogens with one attached hydrogen (secondary N) is 1. The SMILES string of the molecule is CN(N=O)C(=O)Nc1ccc(C(N)=O)cc1. The highest BCUT2D eigenvalue weighted by Gasteiger charge is 2.08. The Labute approximate surface area is 91.2 Å². The summed E-state index contributed by atoms with van der Waals surface area (Å²) < 4.78 is 0. The molecular weight excluding hydrogens is 212 g/mol. The average Bonchev–Trinajstić information content (AvgIpc) is 2.28. The molecule has 0 bridgehead atoms. The van der Waals surface area contributed by atoms with Crippen molar-refractivity contribution in [2.24, 2.45) is 11.0 Å². The third kappa shape index (κ3) is 2.77. The van der Waals surface area contributed by atoms with E-state index in [0.717, 1.165) is 0 Å². The lowest BCUT2D eigenvalue weighted by atomic mass is 10.2. The van der Waals surface area contributed by atoms with Crippen molar-refractivity contribution in [2.75, 3.05) is 12.4 Å². The summed E-state index contributed by atoms with van der Waals surface area (Å²) in [5, 5.41) is 5.44. The van der Waals surface area contributed by atoms with Crippen LogP contribution in [0.15, 0.2) is 29.6 Å². The zero-order valence-electron chi connectivity index (χ0n) is 8.51. The van der Waals surface area contributed by atoms with E-state index in [-0.39, 0.29) is 0 Å². The van der Waals surface area contributed by atoms with E-state index < -0.39 is 11.9 Å². The van der Waals surface area contributed by atoms with Gasteiger partial charge in [0.2, 0.25) is 5.91 Å². The highest BCUT2D eigenvalue weighted by atomic mass is 16.3. The second kappa shape index (κ2) is 4.87. The summed E-state index contributed by atoms with van der Waals surface area (Å²) >= 11 is 0. The summed E-state index contributed by atoms with van der Waals surface area (Å²) in [5.41, 5.74) is 5.81. The van der Waals surface area contributed by atoms with Crippen LogP contribution in [-0.4, -0.2) is 24.0 Å². The first-order valence-corrected chi connectivity index (χ1v) is 4.32. The Morgan fingerprint density at radius 2 is 1.88 bits per heavy atom. The standard InChI is InChI=1S/C9H10N4O3/c1-13(12-16)9(15)11-7-4-2-6(3-5-7)8(10)14/h2-5H,1H3,(H2,10,14)(H,11,15). The van der Waals surface area contributed by atoms with Crippen molar-refractivity contribution in [3.05, 3.63) is 34.7 Å². The molecule has 0 aromatic heterocycles. The lowest BCUT2D eigenvalue weighted by molar-refractivity contribution is 0.100. The van der Waals surface area contributed by atoms with Gasteiger partial charge in [0.15, 0.2) is 0 Å². The van der Waals surface area contributed by atoms with E-state index in [2.05, 4.69) is 10.6 Å². The molecule has 1 rings (SSSR count). The van der Waals surface area contributed by atoms with Crippen LogP contribution < -0.4 is 11.1 Å². The lowest BCUT2D eigenvalue weighted by Gasteiger charge is -2.08. The third-order valence-corrected chi connectivity index (χ3v) is 1.84. The van der Waals surface area contributed by atoms with Crippen LogP contribution in [-0.2, 0) is 0 Å². The van der Waals surface area contributed by atoms with Gasteiger partial charge in [-0.05, 0) is 24.3 Å². The molecule has 1 aromatic rings. The van der Waals surface area contributed by atoms with Crippen molar-refractivity contribution in [3.63, 3.8) is 0 Å². The molecule has 0 aliphatic heterocycles. The minimum Gasteiger partial charge on any atom is -0.366 e. The Balaban J connectivity index is 2.72. The summed E-state index contributed by atoms with van der Waals surface area (Å²) in [6.07, 6.45) is 0. The normalized spacial score (nSPS) is 9.31. The van der Waals surface area contributed by atoms with Crippen LogP contribution in [0.4, 0.5) is 10.5 Å². The Bertz CT molecular complexity index is 415. The van der Waals surface area contributed by atoms with E-state index in [4.69, 9.17) is 5.73 Å².